The number of hydrogen-bond donors (Lipinski definition) is 2. The Labute approximate surface area is 164 Å². The number of benzene rings is 1. The van der Waals surface area contributed by atoms with Gasteiger partial charge in [0.25, 0.3) is 0 Å². The van der Waals surface area contributed by atoms with Gasteiger partial charge < -0.3 is 20.0 Å². The molecule has 0 aliphatic carbocycles. The highest BCUT2D eigenvalue weighted by Gasteiger charge is 2.34. The lowest BCUT2D eigenvalue weighted by molar-refractivity contribution is -0.128. The number of rotatable bonds is 5. The fourth-order valence-corrected chi connectivity index (χ4v) is 4.09. The molecule has 4 rings (SSSR count). The molecule has 3 heterocycles. The zero-order chi connectivity index (χ0) is 19.7. The first kappa shape index (κ1) is 18.2. The third-order valence-electron chi connectivity index (χ3n) is 4.45. The smallest absolute Gasteiger partial charge is 0.229 e. The molecule has 1 aromatic carbocycles. The van der Waals surface area contributed by atoms with Gasteiger partial charge in [-0.2, -0.15) is 0 Å². The summed E-state index contributed by atoms with van der Waals surface area (Å²) in [4.78, 5) is 41.9. The topological polar surface area (TPSA) is 105 Å². The first-order valence-electron chi connectivity index (χ1n) is 8.77. The average molecular weight is 398 g/mol. The van der Waals surface area contributed by atoms with Gasteiger partial charge in [-0.3, -0.25) is 14.4 Å². The molecule has 1 fully saturated rings. The van der Waals surface area contributed by atoms with E-state index in [4.69, 9.17) is 4.42 Å². The second-order valence-corrected chi connectivity index (χ2v) is 7.66. The number of anilines is 2. The fraction of sp³-hybridized carbons (Fsp3) is 0.263. The third-order valence-corrected chi connectivity index (χ3v) is 5.38. The SMILES string of the molecule is CC(=O)Nc1nc2ccc(NC(=O)C3CC(=O)N(Cc4ccco4)C3)cc2s1. The van der Waals surface area contributed by atoms with Crippen LogP contribution in [0.4, 0.5) is 10.8 Å². The van der Waals surface area contributed by atoms with Gasteiger partial charge in [-0.15, -0.1) is 0 Å². The summed E-state index contributed by atoms with van der Waals surface area (Å²) in [7, 11) is 0. The van der Waals surface area contributed by atoms with Crippen LogP contribution in [0.3, 0.4) is 0 Å². The maximum absolute atomic E-state index is 12.6. The number of fused-ring (bicyclic) bond motifs is 1. The minimum absolute atomic E-state index is 0.0607. The second kappa shape index (κ2) is 7.43. The molecule has 9 heteroatoms. The quantitative estimate of drug-likeness (QED) is 0.688. The minimum Gasteiger partial charge on any atom is -0.467 e. The van der Waals surface area contributed by atoms with Crippen LogP contribution in [0.15, 0.2) is 41.0 Å². The van der Waals surface area contributed by atoms with Gasteiger partial charge in [0.05, 0.1) is 28.9 Å². The van der Waals surface area contributed by atoms with Crippen LogP contribution >= 0.6 is 11.3 Å². The van der Waals surface area contributed by atoms with Crippen LogP contribution in [0.25, 0.3) is 10.2 Å². The largest absolute Gasteiger partial charge is 0.467 e. The summed E-state index contributed by atoms with van der Waals surface area (Å²) in [6, 6.07) is 8.94. The molecule has 0 radical (unpaired) electrons. The van der Waals surface area contributed by atoms with Crippen molar-refractivity contribution in [1.29, 1.82) is 0 Å². The zero-order valence-corrected chi connectivity index (χ0v) is 15.9. The molecule has 144 valence electrons. The van der Waals surface area contributed by atoms with E-state index in [1.807, 2.05) is 6.07 Å². The van der Waals surface area contributed by atoms with Crippen molar-refractivity contribution in [3.05, 3.63) is 42.4 Å². The van der Waals surface area contributed by atoms with Gasteiger partial charge in [-0.05, 0) is 30.3 Å². The van der Waals surface area contributed by atoms with Crippen LogP contribution in [0.1, 0.15) is 19.1 Å². The fourth-order valence-electron chi connectivity index (χ4n) is 3.14. The molecule has 1 unspecified atom stereocenters. The van der Waals surface area contributed by atoms with Crippen molar-refractivity contribution in [2.75, 3.05) is 17.2 Å². The predicted molar refractivity (Wildman–Crippen MR) is 105 cm³/mol. The van der Waals surface area contributed by atoms with E-state index in [2.05, 4.69) is 15.6 Å². The van der Waals surface area contributed by atoms with E-state index in [0.717, 1.165) is 10.2 Å². The lowest BCUT2D eigenvalue weighted by atomic mass is 10.1. The van der Waals surface area contributed by atoms with Crippen molar-refractivity contribution >= 4 is 50.1 Å². The maximum Gasteiger partial charge on any atom is 0.229 e. The molecule has 8 nitrogen and oxygen atoms in total. The van der Waals surface area contributed by atoms with Gasteiger partial charge in [-0.1, -0.05) is 11.3 Å². The van der Waals surface area contributed by atoms with E-state index >= 15 is 0 Å². The average Bonchev–Trinajstić information content (AvgIpc) is 3.35. The molecule has 28 heavy (non-hydrogen) atoms. The van der Waals surface area contributed by atoms with Gasteiger partial charge in [0.1, 0.15) is 5.76 Å². The summed E-state index contributed by atoms with van der Waals surface area (Å²) in [6.07, 6.45) is 1.75. The first-order valence-corrected chi connectivity index (χ1v) is 9.59. The van der Waals surface area contributed by atoms with E-state index in [1.165, 1.54) is 18.3 Å². The Morgan fingerprint density at radius 1 is 1.32 bits per heavy atom. The molecule has 3 amide bonds. The molecule has 0 bridgehead atoms. The highest BCUT2D eigenvalue weighted by atomic mass is 32.1. The Morgan fingerprint density at radius 3 is 2.93 bits per heavy atom. The summed E-state index contributed by atoms with van der Waals surface area (Å²) < 4.78 is 6.13. The van der Waals surface area contributed by atoms with Gasteiger partial charge in [0.15, 0.2) is 5.13 Å². The zero-order valence-electron chi connectivity index (χ0n) is 15.1. The van der Waals surface area contributed by atoms with Crippen LogP contribution in [0, 0.1) is 5.92 Å². The van der Waals surface area contributed by atoms with E-state index < -0.39 is 5.92 Å². The summed E-state index contributed by atoms with van der Waals surface area (Å²) >= 11 is 1.33. The van der Waals surface area contributed by atoms with Crippen LogP contribution in [-0.4, -0.2) is 34.2 Å². The summed E-state index contributed by atoms with van der Waals surface area (Å²) in [5.74, 6) is -0.150. The minimum atomic E-state index is -0.408. The van der Waals surface area contributed by atoms with Crippen molar-refractivity contribution in [2.24, 2.45) is 5.92 Å². The molecule has 2 aromatic heterocycles. The maximum atomic E-state index is 12.6. The van der Waals surface area contributed by atoms with Gasteiger partial charge in [0, 0.05) is 25.6 Å². The number of furan rings is 1. The highest BCUT2D eigenvalue weighted by Crippen LogP contribution is 2.29. The van der Waals surface area contributed by atoms with E-state index in [0.29, 0.717) is 29.7 Å². The summed E-state index contributed by atoms with van der Waals surface area (Å²) in [6.45, 7) is 2.16. The summed E-state index contributed by atoms with van der Waals surface area (Å²) in [5, 5.41) is 6.05. The number of carbonyl (C=O) groups excluding carboxylic acids is 3. The normalized spacial score (nSPS) is 16.5. The van der Waals surface area contributed by atoms with E-state index in [-0.39, 0.29) is 24.1 Å². The van der Waals surface area contributed by atoms with Gasteiger partial charge >= 0.3 is 0 Å². The molecule has 1 atom stereocenters. The molecular formula is C19H18N4O4S. The third kappa shape index (κ3) is 3.89. The van der Waals surface area contributed by atoms with Crippen LogP contribution in [0.2, 0.25) is 0 Å². The van der Waals surface area contributed by atoms with Crippen LogP contribution < -0.4 is 10.6 Å². The van der Waals surface area contributed by atoms with E-state index in [1.54, 1.807) is 35.4 Å². The van der Waals surface area contributed by atoms with E-state index in [9.17, 15) is 14.4 Å². The Kier molecular flexibility index (Phi) is 4.82. The number of aromatic nitrogens is 1. The molecular weight excluding hydrogens is 380 g/mol. The molecule has 1 aliphatic heterocycles. The van der Waals surface area contributed by atoms with Crippen molar-refractivity contribution in [3.8, 4) is 0 Å². The first-order chi connectivity index (χ1) is 13.5. The number of carbonyl (C=O) groups is 3. The van der Waals surface area contributed by atoms with Crippen LogP contribution in [0.5, 0.6) is 0 Å². The Bertz CT molecular complexity index is 1040. The number of nitrogens with zero attached hydrogens (tertiary/aromatic N) is 2. The summed E-state index contributed by atoms with van der Waals surface area (Å²) in [5.41, 5.74) is 1.37. The Hall–Kier alpha value is -3.20. The number of likely N-dealkylation sites (tertiary alicyclic amines) is 1. The van der Waals surface area contributed by atoms with Crippen molar-refractivity contribution in [2.45, 2.75) is 19.9 Å². The standard InChI is InChI=1S/C19H18N4O4S/c1-11(24)20-19-22-15-5-4-13(8-16(15)28-19)21-18(26)12-7-17(25)23(9-12)10-14-3-2-6-27-14/h2-6,8,12H,7,9-10H2,1H3,(H,21,26)(H,20,22,24). The van der Waals surface area contributed by atoms with Crippen molar-refractivity contribution in [1.82, 2.24) is 9.88 Å². The Morgan fingerprint density at radius 2 is 2.18 bits per heavy atom. The van der Waals surface area contributed by atoms with Crippen molar-refractivity contribution in [3.63, 3.8) is 0 Å². The molecule has 1 saturated heterocycles. The number of hydrogen-bond acceptors (Lipinski definition) is 6. The number of amides is 3. The van der Waals surface area contributed by atoms with Crippen LogP contribution in [-0.2, 0) is 20.9 Å². The Balaban J connectivity index is 1.41. The lowest BCUT2D eigenvalue weighted by Crippen LogP contribution is -2.27. The number of nitrogens with one attached hydrogen (secondary N) is 2. The van der Waals surface area contributed by atoms with Gasteiger partial charge in [-0.25, -0.2) is 4.98 Å². The molecule has 0 spiro atoms. The molecule has 1 aliphatic rings. The number of thiazole rings is 1. The van der Waals surface area contributed by atoms with Crippen molar-refractivity contribution < 1.29 is 18.8 Å². The second-order valence-electron chi connectivity index (χ2n) is 6.63. The lowest BCUT2D eigenvalue weighted by Gasteiger charge is -2.15. The molecule has 3 aromatic rings. The van der Waals surface area contributed by atoms with Gasteiger partial charge in [0.2, 0.25) is 17.7 Å². The molecule has 0 saturated carbocycles. The molecule has 2 N–H and O–H groups in total. The monoisotopic (exact) mass is 398 g/mol. The highest BCUT2D eigenvalue weighted by molar-refractivity contribution is 7.22. The predicted octanol–water partition coefficient (Wildman–Crippen LogP) is 2.83.